The third-order valence-electron chi connectivity index (χ3n) is 4.36. The highest BCUT2D eigenvalue weighted by molar-refractivity contribution is 6.31. The first-order valence-corrected chi connectivity index (χ1v) is 7.78. The first-order valence-electron chi connectivity index (χ1n) is 7.40. The molecule has 1 atom stereocenters. The van der Waals surface area contributed by atoms with Crippen LogP contribution in [0, 0.1) is 0 Å². The Kier molecular flexibility index (Phi) is 3.27. The summed E-state index contributed by atoms with van der Waals surface area (Å²) in [6.45, 7) is 0. The fourth-order valence-corrected chi connectivity index (χ4v) is 3.36. The van der Waals surface area contributed by atoms with Gasteiger partial charge in [0.2, 0.25) is 5.91 Å². The molecule has 4 nitrogen and oxygen atoms in total. The highest BCUT2D eigenvalue weighted by Crippen LogP contribution is 2.37. The fraction of sp³-hybridized carbons (Fsp3) is 0.167. The second kappa shape index (κ2) is 5.32. The number of amides is 1. The topological polar surface area (TPSA) is 54.1 Å². The zero-order valence-electron chi connectivity index (χ0n) is 12.5. The Morgan fingerprint density at radius 1 is 1.22 bits per heavy atom. The van der Waals surface area contributed by atoms with Gasteiger partial charge in [-0.2, -0.15) is 0 Å². The summed E-state index contributed by atoms with van der Waals surface area (Å²) in [4.78, 5) is 15.6. The van der Waals surface area contributed by atoms with Crippen molar-refractivity contribution >= 4 is 34.1 Å². The number of hydrogen-bond acceptors (Lipinski definition) is 2. The largest absolute Gasteiger partial charge is 0.497 e. The molecule has 116 valence electrons. The maximum absolute atomic E-state index is 12.3. The molecule has 0 spiro atoms. The Balaban J connectivity index is 1.70. The standard InChI is InChI=1S/C18H15ClN2O2/c1-23-12-3-5-13-10(9-20-16(13)8-12)6-15-14-4-2-11(19)7-17(14)21-18(15)22/h2-5,7-9,15,20H,6H2,1H3,(H,21,22)/t15-/m1/s1. The molecule has 0 saturated carbocycles. The van der Waals surface area contributed by atoms with Crippen LogP contribution < -0.4 is 10.1 Å². The van der Waals surface area contributed by atoms with Gasteiger partial charge in [0.05, 0.1) is 13.0 Å². The lowest BCUT2D eigenvalue weighted by atomic mass is 9.93. The van der Waals surface area contributed by atoms with Gasteiger partial charge in [-0.15, -0.1) is 0 Å². The maximum Gasteiger partial charge on any atom is 0.232 e. The molecule has 0 unspecified atom stereocenters. The van der Waals surface area contributed by atoms with Gasteiger partial charge in [0.25, 0.3) is 0 Å². The van der Waals surface area contributed by atoms with Crippen molar-refractivity contribution in [1.29, 1.82) is 0 Å². The average molecular weight is 327 g/mol. The Bertz CT molecular complexity index is 917. The fourth-order valence-electron chi connectivity index (χ4n) is 3.19. The van der Waals surface area contributed by atoms with E-state index in [0.717, 1.165) is 33.5 Å². The summed E-state index contributed by atoms with van der Waals surface area (Å²) in [5.74, 6) is 0.637. The van der Waals surface area contributed by atoms with E-state index in [2.05, 4.69) is 10.3 Å². The summed E-state index contributed by atoms with van der Waals surface area (Å²) < 4.78 is 5.24. The summed E-state index contributed by atoms with van der Waals surface area (Å²) in [6.07, 6.45) is 2.61. The second-order valence-electron chi connectivity index (χ2n) is 5.70. The number of anilines is 1. The Hall–Kier alpha value is -2.46. The van der Waals surface area contributed by atoms with Crippen LogP contribution in [-0.2, 0) is 11.2 Å². The number of halogens is 1. The van der Waals surface area contributed by atoms with Crippen molar-refractivity contribution in [2.75, 3.05) is 12.4 Å². The van der Waals surface area contributed by atoms with E-state index in [1.807, 2.05) is 36.5 Å². The highest BCUT2D eigenvalue weighted by atomic mass is 35.5. The molecular weight excluding hydrogens is 312 g/mol. The third-order valence-corrected chi connectivity index (χ3v) is 4.60. The molecule has 1 aromatic heterocycles. The van der Waals surface area contributed by atoms with E-state index in [-0.39, 0.29) is 11.8 Å². The number of H-pyrrole nitrogens is 1. The van der Waals surface area contributed by atoms with Gasteiger partial charge < -0.3 is 15.0 Å². The number of ether oxygens (including phenoxy) is 1. The van der Waals surface area contributed by atoms with E-state index in [1.165, 1.54) is 0 Å². The van der Waals surface area contributed by atoms with Crippen molar-refractivity contribution in [2.24, 2.45) is 0 Å². The molecule has 2 heterocycles. The molecule has 2 aromatic carbocycles. The predicted molar refractivity (Wildman–Crippen MR) is 91.4 cm³/mol. The molecule has 2 N–H and O–H groups in total. The number of carbonyl (C=O) groups is 1. The van der Waals surface area contributed by atoms with Crippen molar-refractivity contribution in [3.8, 4) is 5.75 Å². The summed E-state index contributed by atoms with van der Waals surface area (Å²) in [5, 5.41) is 4.65. The van der Waals surface area contributed by atoms with Gasteiger partial charge in [0.15, 0.2) is 0 Å². The van der Waals surface area contributed by atoms with Crippen molar-refractivity contribution in [3.63, 3.8) is 0 Å². The zero-order chi connectivity index (χ0) is 16.0. The molecule has 0 fully saturated rings. The van der Waals surface area contributed by atoms with Gasteiger partial charge in [0.1, 0.15) is 5.75 Å². The van der Waals surface area contributed by atoms with Crippen LogP contribution in [0.5, 0.6) is 5.75 Å². The minimum absolute atomic E-state index is 0.0186. The average Bonchev–Trinajstić information content (AvgIpc) is 3.08. The van der Waals surface area contributed by atoms with E-state index in [4.69, 9.17) is 16.3 Å². The minimum atomic E-state index is -0.191. The number of methoxy groups -OCH3 is 1. The lowest BCUT2D eigenvalue weighted by Crippen LogP contribution is -2.14. The van der Waals surface area contributed by atoms with Crippen LogP contribution in [-0.4, -0.2) is 18.0 Å². The summed E-state index contributed by atoms with van der Waals surface area (Å²) >= 11 is 6.00. The lowest BCUT2D eigenvalue weighted by molar-refractivity contribution is -0.117. The van der Waals surface area contributed by atoms with Crippen molar-refractivity contribution in [3.05, 3.63) is 58.7 Å². The van der Waals surface area contributed by atoms with Crippen LogP contribution in [0.4, 0.5) is 5.69 Å². The van der Waals surface area contributed by atoms with E-state index >= 15 is 0 Å². The second-order valence-corrected chi connectivity index (χ2v) is 6.14. The smallest absolute Gasteiger partial charge is 0.232 e. The van der Waals surface area contributed by atoms with Gasteiger partial charge in [-0.1, -0.05) is 17.7 Å². The van der Waals surface area contributed by atoms with Crippen LogP contribution in [0.2, 0.25) is 5.02 Å². The summed E-state index contributed by atoms with van der Waals surface area (Å²) in [7, 11) is 1.65. The first kappa shape index (κ1) is 14.2. The highest BCUT2D eigenvalue weighted by Gasteiger charge is 2.31. The number of fused-ring (bicyclic) bond motifs is 2. The van der Waals surface area contributed by atoms with Crippen LogP contribution >= 0.6 is 11.6 Å². The molecule has 1 aliphatic rings. The Morgan fingerprint density at radius 3 is 2.91 bits per heavy atom. The quantitative estimate of drug-likeness (QED) is 0.761. The Morgan fingerprint density at radius 2 is 2.09 bits per heavy atom. The number of benzene rings is 2. The van der Waals surface area contributed by atoms with Crippen LogP contribution in [0.15, 0.2) is 42.6 Å². The molecule has 0 aliphatic carbocycles. The van der Waals surface area contributed by atoms with E-state index < -0.39 is 0 Å². The van der Waals surface area contributed by atoms with Gasteiger partial charge in [-0.3, -0.25) is 4.79 Å². The molecule has 0 saturated heterocycles. The number of hydrogen-bond donors (Lipinski definition) is 2. The van der Waals surface area contributed by atoms with Gasteiger partial charge >= 0.3 is 0 Å². The molecule has 4 rings (SSSR count). The van der Waals surface area contributed by atoms with Crippen LogP contribution in [0.1, 0.15) is 17.0 Å². The molecular formula is C18H15ClN2O2. The van der Waals surface area contributed by atoms with E-state index in [1.54, 1.807) is 13.2 Å². The molecule has 5 heteroatoms. The number of carbonyl (C=O) groups excluding carboxylic acids is 1. The van der Waals surface area contributed by atoms with Crippen molar-refractivity contribution < 1.29 is 9.53 Å². The molecule has 0 bridgehead atoms. The van der Waals surface area contributed by atoms with Crippen LogP contribution in [0.3, 0.4) is 0 Å². The number of aromatic nitrogens is 1. The lowest BCUT2D eigenvalue weighted by Gasteiger charge is -2.08. The monoisotopic (exact) mass is 326 g/mol. The molecule has 1 amide bonds. The number of aromatic amines is 1. The summed E-state index contributed by atoms with van der Waals surface area (Å²) in [6, 6.07) is 11.5. The van der Waals surface area contributed by atoms with Crippen LogP contribution in [0.25, 0.3) is 10.9 Å². The van der Waals surface area contributed by atoms with E-state index in [0.29, 0.717) is 11.4 Å². The zero-order valence-corrected chi connectivity index (χ0v) is 13.3. The van der Waals surface area contributed by atoms with E-state index in [9.17, 15) is 4.79 Å². The molecule has 0 radical (unpaired) electrons. The minimum Gasteiger partial charge on any atom is -0.497 e. The van der Waals surface area contributed by atoms with Crippen molar-refractivity contribution in [2.45, 2.75) is 12.3 Å². The number of rotatable bonds is 3. The number of nitrogens with one attached hydrogen (secondary N) is 2. The van der Waals surface area contributed by atoms with Gasteiger partial charge in [-0.25, -0.2) is 0 Å². The van der Waals surface area contributed by atoms with Crippen molar-refractivity contribution in [1.82, 2.24) is 4.98 Å². The third kappa shape index (κ3) is 2.35. The molecule has 1 aliphatic heterocycles. The SMILES string of the molecule is COc1ccc2c(C[C@H]3C(=O)Nc4cc(Cl)ccc43)c[nH]c2c1. The first-order chi connectivity index (χ1) is 11.2. The molecule has 3 aromatic rings. The molecule has 23 heavy (non-hydrogen) atoms. The summed E-state index contributed by atoms with van der Waals surface area (Å²) in [5.41, 5.74) is 3.94. The van der Waals surface area contributed by atoms with Gasteiger partial charge in [-0.05, 0) is 41.8 Å². The van der Waals surface area contributed by atoms with Gasteiger partial charge in [0, 0.05) is 33.9 Å². The normalized spacial score (nSPS) is 16.4. The maximum atomic E-state index is 12.3. The predicted octanol–water partition coefficient (Wildman–Crippen LogP) is 4.11. The Labute approximate surface area is 138 Å².